The van der Waals surface area contributed by atoms with Gasteiger partial charge in [0.2, 0.25) is 0 Å². The summed E-state index contributed by atoms with van der Waals surface area (Å²) in [5, 5.41) is 9.13. The van der Waals surface area contributed by atoms with E-state index >= 15 is 0 Å². The van der Waals surface area contributed by atoms with E-state index in [4.69, 9.17) is 5.11 Å². The zero-order valence-corrected chi connectivity index (χ0v) is 9.01. The lowest BCUT2D eigenvalue weighted by Gasteiger charge is -2.03. The number of hydrogen-bond donors (Lipinski definition) is 1. The van der Waals surface area contributed by atoms with E-state index in [1.54, 1.807) is 6.07 Å². The second-order valence-corrected chi connectivity index (χ2v) is 3.97. The summed E-state index contributed by atoms with van der Waals surface area (Å²) in [6, 6.07) is 13.6. The molecule has 0 unspecified atom stereocenters. The fraction of sp³-hybridized carbons (Fsp3) is 0.0714. The van der Waals surface area contributed by atoms with Crippen molar-refractivity contribution in [1.29, 1.82) is 0 Å². The van der Waals surface area contributed by atoms with Gasteiger partial charge in [-0.3, -0.25) is 4.70 Å². The largest absolute Gasteiger partial charge is 0.478 e. The molecule has 17 heavy (non-hydrogen) atoms. The topological polar surface area (TPSA) is 37.3 Å². The Labute approximate surface area is 97.9 Å². The van der Waals surface area contributed by atoms with Gasteiger partial charge in [-0.1, -0.05) is 36.4 Å². The minimum atomic E-state index is -0.843. The molecular weight excluding hydrogens is 219 g/mol. The van der Waals surface area contributed by atoms with E-state index in [0.717, 1.165) is 17.5 Å². The van der Waals surface area contributed by atoms with Crippen LogP contribution in [0, 0.1) is 0 Å². The van der Waals surface area contributed by atoms with Crippen LogP contribution in [0.15, 0.2) is 42.5 Å². The minimum absolute atomic E-state index is 0. The van der Waals surface area contributed by atoms with Crippen molar-refractivity contribution >= 4 is 5.97 Å². The number of rotatable bonds is 1. The van der Waals surface area contributed by atoms with E-state index < -0.39 is 5.97 Å². The van der Waals surface area contributed by atoms with Gasteiger partial charge in [-0.2, -0.15) is 0 Å². The van der Waals surface area contributed by atoms with Gasteiger partial charge in [0.15, 0.2) is 0 Å². The molecule has 0 aromatic heterocycles. The number of carbonyl (C=O) groups is 1. The standard InChI is InChI=1S/C14H10O2.FH/c15-14(16)12-7-3-6-11-10-5-2-1-4-9(10)8-13(11)12;/h1-7H,8H2,(H,15,16);1H. The van der Waals surface area contributed by atoms with Crippen molar-refractivity contribution in [2.75, 3.05) is 0 Å². The molecular formula is C14H11FO2. The Morgan fingerprint density at radius 2 is 1.71 bits per heavy atom. The first-order chi connectivity index (χ1) is 7.77. The van der Waals surface area contributed by atoms with Gasteiger partial charge in [0, 0.05) is 0 Å². The summed E-state index contributed by atoms with van der Waals surface area (Å²) in [6.45, 7) is 0. The molecule has 3 heteroatoms. The molecule has 0 radical (unpaired) electrons. The number of fused-ring (bicyclic) bond motifs is 3. The van der Waals surface area contributed by atoms with Crippen LogP contribution < -0.4 is 0 Å². The number of benzene rings is 2. The fourth-order valence-electron chi connectivity index (χ4n) is 2.36. The van der Waals surface area contributed by atoms with Gasteiger partial charge in [-0.05, 0) is 34.7 Å². The summed E-state index contributed by atoms with van der Waals surface area (Å²) in [6.07, 6.45) is 0.730. The minimum Gasteiger partial charge on any atom is -0.478 e. The van der Waals surface area contributed by atoms with Gasteiger partial charge in [0.05, 0.1) is 5.56 Å². The molecule has 0 bridgehead atoms. The fourth-order valence-corrected chi connectivity index (χ4v) is 2.36. The maximum Gasteiger partial charge on any atom is 0.335 e. The van der Waals surface area contributed by atoms with Crippen LogP contribution in [0.5, 0.6) is 0 Å². The molecule has 2 aromatic rings. The quantitative estimate of drug-likeness (QED) is 0.697. The Kier molecular flexibility index (Phi) is 2.68. The Balaban J connectivity index is 0.00000108. The van der Waals surface area contributed by atoms with Crippen LogP contribution in [0.4, 0.5) is 4.70 Å². The van der Waals surface area contributed by atoms with E-state index in [2.05, 4.69) is 6.07 Å². The van der Waals surface area contributed by atoms with Crippen molar-refractivity contribution in [3.8, 4) is 11.1 Å². The van der Waals surface area contributed by atoms with Gasteiger partial charge in [0.25, 0.3) is 0 Å². The SMILES string of the molecule is F.O=C(O)c1cccc2c1Cc1ccccc1-2. The molecule has 2 aromatic carbocycles. The second kappa shape index (κ2) is 4.01. The van der Waals surface area contributed by atoms with Crippen LogP contribution in [0.1, 0.15) is 21.5 Å². The lowest BCUT2D eigenvalue weighted by atomic mass is 10.0. The summed E-state index contributed by atoms with van der Waals surface area (Å²) in [5.41, 5.74) is 4.81. The molecule has 0 spiro atoms. The average Bonchev–Trinajstić information content (AvgIpc) is 2.67. The van der Waals surface area contributed by atoms with Gasteiger partial charge in [-0.25, -0.2) is 4.79 Å². The molecule has 1 N–H and O–H groups in total. The van der Waals surface area contributed by atoms with Crippen LogP contribution in [0.25, 0.3) is 11.1 Å². The monoisotopic (exact) mass is 230 g/mol. The molecule has 0 heterocycles. The molecule has 2 nitrogen and oxygen atoms in total. The number of halogens is 1. The molecule has 0 saturated heterocycles. The smallest absolute Gasteiger partial charge is 0.335 e. The summed E-state index contributed by atoms with van der Waals surface area (Å²) < 4.78 is 0. The Bertz CT molecular complexity index is 591. The maximum absolute atomic E-state index is 11.1. The number of carboxylic acid groups (broad SMARTS) is 1. The Morgan fingerprint density at radius 1 is 1.00 bits per heavy atom. The first-order valence-corrected chi connectivity index (χ1v) is 5.21. The third-order valence-corrected chi connectivity index (χ3v) is 3.08. The highest BCUT2D eigenvalue weighted by molar-refractivity contribution is 5.94. The van der Waals surface area contributed by atoms with E-state index in [-0.39, 0.29) is 4.70 Å². The molecule has 86 valence electrons. The number of carboxylic acids is 1. The summed E-state index contributed by atoms with van der Waals surface area (Å²) in [4.78, 5) is 11.1. The van der Waals surface area contributed by atoms with Gasteiger partial charge >= 0.3 is 5.97 Å². The molecule has 3 rings (SSSR count). The summed E-state index contributed by atoms with van der Waals surface area (Å²) >= 11 is 0. The summed E-state index contributed by atoms with van der Waals surface area (Å²) in [5.74, 6) is -0.843. The third kappa shape index (κ3) is 1.60. The van der Waals surface area contributed by atoms with Crippen molar-refractivity contribution in [2.24, 2.45) is 0 Å². The molecule has 0 fully saturated rings. The van der Waals surface area contributed by atoms with Crippen LogP contribution in [-0.2, 0) is 6.42 Å². The molecule has 1 aliphatic carbocycles. The van der Waals surface area contributed by atoms with E-state index in [0.29, 0.717) is 5.56 Å². The van der Waals surface area contributed by atoms with Crippen LogP contribution in [0.2, 0.25) is 0 Å². The van der Waals surface area contributed by atoms with Crippen molar-refractivity contribution in [2.45, 2.75) is 6.42 Å². The third-order valence-electron chi connectivity index (χ3n) is 3.08. The predicted octanol–water partition coefficient (Wildman–Crippen LogP) is 3.11. The zero-order valence-electron chi connectivity index (χ0n) is 9.01. The van der Waals surface area contributed by atoms with E-state index in [9.17, 15) is 4.79 Å². The molecule has 0 saturated carbocycles. The first kappa shape index (κ1) is 11.3. The van der Waals surface area contributed by atoms with Crippen LogP contribution in [0.3, 0.4) is 0 Å². The van der Waals surface area contributed by atoms with Gasteiger partial charge in [0.1, 0.15) is 0 Å². The normalized spacial score (nSPS) is 11.3. The predicted molar refractivity (Wildman–Crippen MR) is 64.1 cm³/mol. The number of aromatic carboxylic acids is 1. The van der Waals surface area contributed by atoms with Crippen LogP contribution in [-0.4, -0.2) is 11.1 Å². The first-order valence-electron chi connectivity index (χ1n) is 5.21. The summed E-state index contributed by atoms with van der Waals surface area (Å²) in [7, 11) is 0. The van der Waals surface area contributed by atoms with Crippen molar-refractivity contribution in [3.63, 3.8) is 0 Å². The Morgan fingerprint density at radius 3 is 2.47 bits per heavy atom. The van der Waals surface area contributed by atoms with E-state index in [1.165, 1.54) is 11.1 Å². The number of hydrogen-bond acceptors (Lipinski definition) is 1. The van der Waals surface area contributed by atoms with Gasteiger partial charge < -0.3 is 5.11 Å². The van der Waals surface area contributed by atoms with E-state index in [1.807, 2.05) is 30.3 Å². The van der Waals surface area contributed by atoms with Crippen molar-refractivity contribution in [1.82, 2.24) is 0 Å². The molecule has 0 amide bonds. The molecule has 0 atom stereocenters. The lowest BCUT2D eigenvalue weighted by molar-refractivity contribution is 0.0696. The van der Waals surface area contributed by atoms with Crippen LogP contribution >= 0.6 is 0 Å². The average molecular weight is 230 g/mol. The Hall–Kier alpha value is -2.16. The molecule has 0 aliphatic heterocycles. The van der Waals surface area contributed by atoms with Crippen molar-refractivity contribution < 1.29 is 14.6 Å². The zero-order chi connectivity index (χ0) is 11.1. The highest BCUT2D eigenvalue weighted by atomic mass is 19.0. The van der Waals surface area contributed by atoms with Crippen molar-refractivity contribution in [3.05, 3.63) is 59.2 Å². The highest BCUT2D eigenvalue weighted by Crippen LogP contribution is 2.37. The highest BCUT2D eigenvalue weighted by Gasteiger charge is 2.22. The maximum atomic E-state index is 11.1. The lowest BCUT2D eigenvalue weighted by Crippen LogP contribution is -2.01. The molecule has 1 aliphatic rings. The second-order valence-electron chi connectivity index (χ2n) is 3.97. The van der Waals surface area contributed by atoms with Gasteiger partial charge in [-0.15, -0.1) is 0 Å².